The van der Waals surface area contributed by atoms with Crippen LogP contribution in [0.5, 0.6) is 0 Å². The number of fused-ring (bicyclic) bond motifs is 1. The van der Waals surface area contributed by atoms with Gasteiger partial charge in [0.2, 0.25) is 0 Å². The Morgan fingerprint density at radius 3 is 2.83 bits per heavy atom. The highest BCUT2D eigenvalue weighted by atomic mass is 32.2. The zero-order valence-electron chi connectivity index (χ0n) is 9.27. The molecular weight excluding hydrogens is 278 g/mol. The molecule has 98 valence electrons. The van der Waals surface area contributed by atoms with E-state index in [1.807, 2.05) is 0 Å². The van der Waals surface area contributed by atoms with Gasteiger partial charge in [-0.25, -0.2) is 8.42 Å². The van der Waals surface area contributed by atoms with Crippen LogP contribution in [0.25, 0.3) is 0 Å². The lowest BCUT2D eigenvalue weighted by Gasteiger charge is -2.07. The first-order valence-electron chi connectivity index (χ1n) is 5.19. The molecule has 0 bridgehead atoms. The fourth-order valence-corrected chi connectivity index (χ4v) is 5.28. The minimum Gasteiger partial charge on any atom is -0.396 e. The van der Waals surface area contributed by atoms with E-state index in [9.17, 15) is 18.5 Å². The number of hydrogen-bond acceptors (Lipinski definition) is 6. The Morgan fingerprint density at radius 2 is 2.22 bits per heavy atom. The maximum Gasteiger partial charge on any atom is 0.270 e. The van der Waals surface area contributed by atoms with Crippen LogP contribution in [-0.2, 0) is 9.84 Å². The number of aliphatic hydroxyl groups is 1. The molecule has 6 nitrogen and oxygen atoms in total. The SMILES string of the molecule is O=[N+]([O-])c1ccc2c(c1)S(=O)(=O)C[C@H]2SCCO. The number of non-ortho nitro benzene ring substituents is 1. The summed E-state index contributed by atoms with van der Waals surface area (Å²) in [6, 6.07) is 3.92. The van der Waals surface area contributed by atoms with Crippen molar-refractivity contribution in [1.29, 1.82) is 0 Å². The van der Waals surface area contributed by atoms with Crippen LogP contribution in [0.1, 0.15) is 10.8 Å². The van der Waals surface area contributed by atoms with Crippen LogP contribution in [0.3, 0.4) is 0 Å². The molecule has 0 fully saturated rings. The van der Waals surface area contributed by atoms with Crippen LogP contribution in [-0.4, -0.2) is 36.6 Å². The third-order valence-electron chi connectivity index (χ3n) is 2.67. The van der Waals surface area contributed by atoms with Gasteiger partial charge in [0.25, 0.3) is 5.69 Å². The van der Waals surface area contributed by atoms with Crippen LogP contribution in [0, 0.1) is 10.1 Å². The molecule has 1 aromatic carbocycles. The van der Waals surface area contributed by atoms with Crippen molar-refractivity contribution in [2.45, 2.75) is 10.1 Å². The number of nitro groups is 1. The number of thioether (sulfide) groups is 1. The molecular formula is C10H11NO5S2. The van der Waals surface area contributed by atoms with Gasteiger partial charge in [-0.2, -0.15) is 11.8 Å². The first-order valence-corrected chi connectivity index (χ1v) is 7.89. The molecule has 18 heavy (non-hydrogen) atoms. The number of sulfone groups is 1. The summed E-state index contributed by atoms with van der Waals surface area (Å²) < 4.78 is 23.8. The minimum atomic E-state index is -3.45. The molecule has 0 saturated heterocycles. The predicted molar refractivity (Wildman–Crippen MR) is 67.4 cm³/mol. The van der Waals surface area contributed by atoms with Crippen LogP contribution in [0.4, 0.5) is 5.69 Å². The Bertz CT molecular complexity index is 584. The number of hydrogen-bond donors (Lipinski definition) is 1. The second kappa shape index (κ2) is 4.87. The average molecular weight is 289 g/mol. The van der Waals surface area contributed by atoms with Gasteiger partial charge in [-0.3, -0.25) is 10.1 Å². The van der Waals surface area contributed by atoms with E-state index < -0.39 is 14.8 Å². The van der Waals surface area contributed by atoms with Crippen molar-refractivity contribution in [1.82, 2.24) is 0 Å². The first-order chi connectivity index (χ1) is 8.45. The van der Waals surface area contributed by atoms with Crippen molar-refractivity contribution in [3.63, 3.8) is 0 Å². The highest BCUT2D eigenvalue weighted by Gasteiger charge is 2.36. The van der Waals surface area contributed by atoms with E-state index in [1.54, 1.807) is 0 Å². The topological polar surface area (TPSA) is 97.5 Å². The summed E-state index contributed by atoms with van der Waals surface area (Å²) in [5, 5.41) is 19.1. The Morgan fingerprint density at radius 1 is 1.50 bits per heavy atom. The summed E-state index contributed by atoms with van der Waals surface area (Å²) >= 11 is 1.34. The molecule has 0 saturated carbocycles. The third-order valence-corrected chi connectivity index (χ3v) is 5.92. The standard InChI is InChI=1S/C10H11NO5S2/c12-3-4-17-9-6-18(15,16)10-5-7(11(13)14)1-2-8(9)10/h1-2,5,9,12H,3-4,6H2/t9-/m1/s1. The molecule has 1 aliphatic rings. The van der Waals surface area contributed by atoms with E-state index in [2.05, 4.69) is 0 Å². The molecule has 0 aromatic heterocycles. The summed E-state index contributed by atoms with van der Waals surface area (Å²) in [5.41, 5.74) is 0.379. The van der Waals surface area contributed by atoms with Crippen LogP contribution >= 0.6 is 11.8 Å². The van der Waals surface area contributed by atoms with Gasteiger partial charge in [0, 0.05) is 23.1 Å². The third kappa shape index (κ3) is 2.36. The summed E-state index contributed by atoms with van der Waals surface area (Å²) in [6.45, 7) is -0.0243. The second-order valence-electron chi connectivity index (χ2n) is 3.84. The largest absolute Gasteiger partial charge is 0.396 e. The van der Waals surface area contributed by atoms with Crippen molar-refractivity contribution in [2.24, 2.45) is 0 Å². The van der Waals surface area contributed by atoms with E-state index in [4.69, 9.17) is 5.11 Å². The molecule has 1 N–H and O–H groups in total. The Kier molecular flexibility index (Phi) is 3.60. The zero-order valence-corrected chi connectivity index (χ0v) is 10.9. The van der Waals surface area contributed by atoms with Gasteiger partial charge >= 0.3 is 0 Å². The fraction of sp³-hybridized carbons (Fsp3) is 0.400. The molecule has 8 heteroatoms. The molecule has 0 aliphatic carbocycles. The smallest absolute Gasteiger partial charge is 0.270 e. The van der Waals surface area contributed by atoms with Crippen LogP contribution in [0.2, 0.25) is 0 Å². The van der Waals surface area contributed by atoms with Gasteiger partial charge in [0.15, 0.2) is 9.84 Å². The molecule has 1 heterocycles. The van der Waals surface area contributed by atoms with E-state index in [-0.39, 0.29) is 28.2 Å². The quantitative estimate of drug-likeness (QED) is 0.659. The predicted octanol–water partition coefficient (Wildman–Crippen LogP) is 1.15. The summed E-state index contributed by atoms with van der Waals surface area (Å²) in [4.78, 5) is 10.1. The normalized spacial score (nSPS) is 20.6. The number of rotatable bonds is 4. The molecule has 0 amide bonds. The number of benzene rings is 1. The molecule has 1 aromatic rings. The zero-order chi connectivity index (χ0) is 13.3. The van der Waals surface area contributed by atoms with E-state index in [1.165, 1.54) is 23.9 Å². The summed E-state index contributed by atoms with van der Waals surface area (Å²) in [5.74, 6) is 0.380. The molecule has 0 spiro atoms. The maximum atomic E-state index is 11.9. The molecule has 0 unspecified atom stereocenters. The lowest BCUT2D eigenvalue weighted by Crippen LogP contribution is -2.02. The molecule has 1 atom stereocenters. The van der Waals surface area contributed by atoms with Gasteiger partial charge in [-0.05, 0) is 11.6 Å². The summed E-state index contributed by atoms with van der Waals surface area (Å²) in [6.07, 6.45) is 0. The van der Waals surface area contributed by atoms with Gasteiger partial charge in [-0.15, -0.1) is 0 Å². The van der Waals surface area contributed by atoms with E-state index in [0.717, 1.165) is 6.07 Å². The molecule has 0 radical (unpaired) electrons. The number of nitrogens with zero attached hydrogens (tertiary/aromatic N) is 1. The van der Waals surface area contributed by atoms with E-state index >= 15 is 0 Å². The van der Waals surface area contributed by atoms with Crippen LogP contribution in [0.15, 0.2) is 23.1 Å². The maximum absolute atomic E-state index is 11.9. The number of aliphatic hydroxyl groups excluding tert-OH is 1. The Labute approximate surface area is 108 Å². The van der Waals surface area contributed by atoms with Crippen molar-refractivity contribution in [3.05, 3.63) is 33.9 Å². The highest BCUT2D eigenvalue weighted by Crippen LogP contribution is 2.42. The first kappa shape index (κ1) is 13.3. The second-order valence-corrected chi connectivity index (χ2v) is 7.16. The lowest BCUT2D eigenvalue weighted by molar-refractivity contribution is -0.385. The van der Waals surface area contributed by atoms with Gasteiger partial charge in [0.05, 0.1) is 22.2 Å². The minimum absolute atomic E-state index is 0.0243. The monoisotopic (exact) mass is 289 g/mol. The highest BCUT2D eigenvalue weighted by molar-refractivity contribution is 8.01. The van der Waals surface area contributed by atoms with Gasteiger partial charge in [-0.1, -0.05) is 0 Å². The van der Waals surface area contributed by atoms with Crippen molar-refractivity contribution in [2.75, 3.05) is 18.1 Å². The Hall–Kier alpha value is -1.12. The van der Waals surface area contributed by atoms with Gasteiger partial charge < -0.3 is 5.11 Å². The van der Waals surface area contributed by atoms with Crippen molar-refractivity contribution < 1.29 is 18.4 Å². The van der Waals surface area contributed by atoms with E-state index in [0.29, 0.717) is 11.3 Å². The van der Waals surface area contributed by atoms with Crippen molar-refractivity contribution >= 4 is 27.3 Å². The molecule has 2 rings (SSSR count). The lowest BCUT2D eigenvalue weighted by atomic mass is 10.1. The molecule has 1 aliphatic heterocycles. The average Bonchev–Trinajstić information content (AvgIpc) is 2.58. The van der Waals surface area contributed by atoms with Crippen molar-refractivity contribution in [3.8, 4) is 0 Å². The van der Waals surface area contributed by atoms with Gasteiger partial charge in [0.1, 0.15) is 0 Å². The van der Waals surface area contributed by atoms with Crippen LogP contribution < -0.4 is 0 Å². The fourth-order valence-electron chi connectivity index (χ4n) is 1.88. The number of nitro benzene ring substituents is 1. The Balaban J connectivity index is 2.43. The summed E-state index contributed by atoms with van der Waals surface area (Å²) in [7, 11) is -3.45.